The number of rotatable bonds is 6. The van der Waals surface area contributed by atoms with Gasteiger partial charge in [-0.05, 0) is 37.6 Å². The molecule has 0 radical (unpaired) electrons. The molecule has 7 nitrogen and oxygen atoms in total. The first-order valence-electron chi connectivity index (χ1n) is 9.44. The maximum atomic E-state index is 13.1. The Morgan fingerprint density at radius 2 is 1.69 bits per heavy atom. The fourth-order valence-corrected chi connectivity index (χ4v) is 3.31. The van der Waals surface area contributed by atoms with E-state index in [1.807, 2.05) is 0 Å². The van der Waals surface area contributed by atoms with Crippen molar-refractivity contribution in [2.24, 2.45) is 5.73 Å². The van der Waals surface area contributed by atoms with Gasteiger partial charge in [0.05, 0.1) is 28.2 Å². The highest BCUT2D eigenvalue weighted by atomic mass is 19.4. The second-order valence-corrected chi connectivity index (χ2v) is 7.05. The minimum atomic E-state index is -4.55. The molecule has 3 rings (SSSR count). The number of aryl methyl sites for hydroxylation is 1. The van der Waals surface area contributed by atoms with E-state index in [1.165, 1.54) is 26.0 Å². The van der Waals surface area contributed by atoms with Crippen LogP contribution in [0.5, 0.6) is 0 Å². The maximum Gasteiger partial charge on any atom is 0.416 e. The van der Waals surface area contributed by atoms with Gasteiger partial charge in [0.15, 0.2) is 0 Å². The third-order valence-electron chi connectivity index (χ3n) is 4.84. The topological polar surface area (TPSA) is 107 Å². The van der Waals surface area contributed by atoms with Gasteiger partial charge in [-0.15, -0.1) is 0 Å². The van der Waals surface area contributed by atoms with Crippen LogP contribution in [0.25, 0.3) is 5.69 Å². The Kier molecular flexibility index (Phi) is 6.15. The van der Waals surface area contributed by atoms with Crippen molar-refractivity contribution in [3.05, 3.63) is 82.7 Å². The monoisotopic (exact) mass is 444 g/mol. The molecule has 1 atom stereocenters. The van der Waals surface area contributed by atoms with Gasteiger partial charge < -0.3 is 11.1 Å². The molecule has 3 N–H and O–H groups in total. The van der Waals surface area contributed by atoms with E-state index in [0.717, 1.165) is 16.8 Å². The highest BCUT2D eigenvalue weighted by Gasteiger charge is 2.32. The summed E-state index contributed by atoms with van der Waals surface area (Å²) in [4.78, 5) is 37.3. The molecule has 2 aromatic carbocycles. The molecule has 0 aliphatic heterocycles. The minimum Gasteiger partial charge on any atom is -0.368 e. The van der Waals surface area contributed by atoms with Crippen LogP contribution >= 0.6 is 0 Å². The Labute approximate surface area is 181 Å². The van der Waals surface area contributed by atoms with E-state index in [-0.39, 0.29) is 22.6 Å². The first-order chi connectivity index (χ1) is 15.0. The Balaban J connectivity index is 1.92. The van der Waals surface area contributed by atoms with Gasteiger partial charge in [-0.25, -0.2) is 4.68 Å². The highest BCUT2D eigenvalue weighted by molar-refractivity contribution is 6.43. The summed E-state index contributed by atoms with van der Waals surface area (Å²) in [6, 6.07) is 11.4. The number of hydrogen-bond acceptors (Lipinski definition) is 4. The third kappa shape index (κ3) is 4.53. The smallest absolute Gasteiger partial charge is 0.368 e. The van der Waals surface area contributed by atoms with E-state index >= 15 is 0 Å². The largest absolute Gasteiger partial charge is 0.416 e. The number of ketones is 1. The van der Waals surface area contributed by atoms with Crippen molar-refractivity contribution in [1.82, 2.24) is 15.1 Å². The van der Waals surface area contributed by atoms with E-state index in [1.54, 1.807) is 30.3 Å². The normalized spacial score (nSPS) is 12.3. The first-order valence-corrected chi connectivity index (χ1v) is 9.44. The summed E-state index contributed by atoms with van der Waals surface area (Å²) in [5, 5.41) is 6.45. The average molecular weight is 444 g/mol. The number of nitrogens with one attached hydrogen (secondary N) is 1. The van der Waals surface area contributed by atoms with Crippen LogP contribution in [-0.4, -0.2) is 27.4 Å². The van der Waals surface area contributed by atoms with E-state index in [2.05, 4.69) is 10.4 Å². The van der Waals surface area contributed by atoms with Crippen molar-refractivity contribution in [3.63, 3.8) is 0 Å². The molecule has 1 aromatic heterocycles. The van der Waals surface area contributed by atoms with E-state index < -0.39 is 35.4 Å². The predicted molar refractivity (Wildman–Crippen MR) is 109 cm³/mol. The number of carbonyl (C=O) groups is 3. The summed E-state index contributed by atoms with van der Waals surface area (Å²) in [6.07, 6.45) is -4.55. The highest BCUT2D eigenvalue weighted by Crippen LogP contribution is 2.31. The van der Waals surface area contributed by atoms with Crippen molar-refractivity contribution in [3.8, 4) is 5.69 Å². The standard InChI is InChI=1S/C22H19F3N4O3/c1-12-17(13(2)29(28-12)16-10-6-9-15(11-16)22(23,24)25)19(30)21(32)27-18(20(26)31)14-7-4-3-5-8-14/h3-11,18H,1-2H3,(H2,26,31)(H,27,32). The Morgan fingerprint density at radius 1 is 1.03 bits per heavy atom. The summed E-state index contributed by atoms with van der Waals surface area (Å²) in [7, 11) is 0. The number of aromatic nitrogens is 2. The lowest BCUT2D eigenvalue weighted by atomic mass is 10.0. The van der Waals surface area contributed by atoms with E-state index in [9.17, 15) is 27.6 Å². The fourth-order valence-electron chi connectivity index (χ4n) is 3.31. The van der Waals surface area contributed by atoms with E-state index in [4.69, 9.17) is 5.73 Å². The molecular formula is C22H19F3N4O3. The molecule has 0 fully saturated rings. The predicted octanol–water partition coefficient (Wildman–Crippen LogP) is 3.03. The van der Waals surface area contributed by atoms with Crippen LogP contribution in [0.1, 0.15) is 38.9 Å². The van der Waals surface area contributed by atoms with Crippen molar-refractivity contribution in [2.75, 3.05) is 0 Å². The first kappa shape index (κ1) is 22.7. The van der Waals surface area contributed by atoms with Crippen LogP contribution in [0.2, 0.25) is 0 Å². The molecule has 1 unspecified atom stereocenters. The molecule has 1 heterocycles. The molecule has 0 spiro atoms. The zero-order valence-corrected chi connectivity index (χ0v) is 17.1. The van der Waals surface area contributed by atoms with Gasteiger partial charge in [0.1, 0.15) is 6.04 Å². The van der Waals surface area contributed by atoms with Crippen molar-refractivity contribution < 1.29 is 27.6 Å². The SMILES string of the molecule is Cc1nn(-c2cccc(C(F)(F)F)c2)c(C)c1C(=O)C(=O)NC(C(N)=O)c1ccccc1. The Bertz CT molecular complexity index is 1190. The van der Waals surface area contributed by atoms with Crippen LogP contribution in [0.15, 0.2) is 54.6 Å². The summed E-state index contributed by atoms with van der Waals surface area (Å²) in [5.74, 6) is -2.93. The number of nitrogens with two attached hydrogens (primary N) is 1. The molecule has 3 aromatic rings. The minimum absolute atomic E-state index is 0.0730. The maximum absolute atomic E-state index is 13.1. The lowest BCUT2D eigenvalue weighted by Gasteiger charge is -2.15. The fraction of sp³-hybridized carbons (Fsp3) is 0.182. The molecule has 10 heteroatoms. The lowest BCUT2D eigenvalue weighted by molar-refractivity contribution is -0.137. The quantitative estimate of drug-likeness (QED) is 0.450. The Morgan fingerprint density at radius 3 is 2.28 bits per heavy atom. The molecular weight excluding hydrogens is 425 g/mol. The second-order valence-electron chi connectivity index (χ2n) is 7.05. The summed E-state index contributed by atoms with van der Waals surface area (Å²) in [5.41, 5.74) is 5.23. The zero-order chi connectivity index (χ0) is 23.6. The van der Waals surface area contributed by atoms with Crippen LogP contribution < -0.4 is 11.1 Å². The number of halogens is 3. The molecule has 32 heavy (non-hydrogen) atoms. The van der Waals surface area contributed by atoms with Gasteiger partial charge in [0.25, 0.3) is 11.7 Å². The zero-order valence-electron chi connectivity index (χ0n) is 17.1. The molecule has 2 amide bonds. The number of benzene rings is 2. The summed E-state index contributed by atoms with van der Waals surface area (Å²) in [6.45, 7) is 2.92. The van der Waals surface area contributed by atoms with Crippen molar-refractivity contribution >= 4 is 17.6 Å². The number of alkyl halides is 3. The molecule has 0 bridgehead atoms. The molecule has 0 saturated carbocycles. The summed E-state index contributed by atoms with van der Waals surface area (Å²) >= 11 is 0. The molecule has 166 valence electrons. The third-order valence-corrected chi connectivity index (χ3v) is 4.84. The van der Waals surface area contributed by atoms with Gasteiger partial charge in [-0.1, -0.05) is 36.4 Å². The van der Waals surface area contributed by atoms with E-state index in [0.29, 0.717) is 5.56 Å². The number of amides is 2. The van der Waals surface area contributed by atoms with Crippen LogP contribution in [0, 0.1) is 13.8 Å². The van der Waals surface area contributed by atoms with Gasteiger partial charge in [0.2, 0.25) is 5.91 Å². The van der Waals surface area contributed by atoms with Gasteiger partial charge in [0, 0.05) is 0 Å². The molecule has 0 saturated heterocycles. The van der Waals surface area contributed by atoms with Gasteiger partial charge in [-0.2, -0.15) is 18.3 Å². The van der Waals surface area contributed by atoms with Crippen molar-refractivity contribution in [2.45, 2.75) is 26.1 Å². The van der Waals surface area contributed by atoms with Crippen LogP contribution in [0.4, 0.5) is 13.2 Å². The summed E-state index contributed by atoms with van der Waals surface area (Å²) < 4.78 is 40.3. The van der Waals surface area contributed by atoms with Gasteiger partial charge >= 0.3 is 6.18 Å². The number of Topliss-reactive ketones (excluding diaryl/α,β-unsaturated/α-hetero) is 1. The average Bonchev–Trinajstić information content (AvgIpc) is 3.05. The van der Waals surface area contributed by atoms with Gasteiger partial charge in [-0.3, -0.25) is 14.4 Å². The number of primary amides is 1. The lowest BCUT2D eigenvalue weighted by Crippen LogP contribution is -2.41. The number of hydrogen-bond donors (Lipinski definition) is 2. The number of carbonyl (C=O) groups excluding carboxylic acids is 3. The molecule has 0 aliphatic carbocycles. The molecule has 0 aliphatic rings. The Hall–Kier alpha value is -3.95. The van der Waals surface area contributed by atoms with Crippen LogP contribution in [0.3, 0.4) is 0 Å². The van der Waals surface area contributed by atoms with Crippen molar-refractivity contribution in [1.29, 1.82) is 0 Å². The van der Waals surface area contributed by atoms with Crippen LogP contribution in [-0.2, 0) is 15.8 Å². The number of nitrogens with zero attached hydrogens (tertiary/aromatic N) is 2. The second kappa shape index (κ2) is 8.66.